The molecule has 9 heteroatoms. The van der Waals surface area contributed by atoms with Crippen molar-refractivity contribution in [1.82, 2.24) is 4.98 Å². The Morgan fingerprint density at radius 2 is 1.78 bits per heavy atom. The van der Waals surface area contributed by atoms with E-state index in [-0.39, 0.29) is 20.4 Å². The van der Waals surface area contributed by atoms with Gasteiger partial charge in [0.1, 0.15) is 5.82 Å². The number of carbonyl (C=O) groups excluding carboxylic acids is 1. The number of aryl methyl sites for hydroxylation is 1. The van der Waals surface area contributed by atoms with E-state index in [1.807, 2.05) is 31.2 Å². The van der Waals surface area contributed by atoms with Crippen LogP contribution in [0.2, 0.25) is 0 Å². The molecule has 1 amide bonds. The number of nitrogens with zero attached hydrogens (tertiary/aromatic N) is 1. The normalized spacial score (nSPS) is 15.9. The molecular weight excluding hydrogens is 430 g/mol. The van der Waals surface area contributed by atoms with Crippen molar-refractivity contribution in [2.24, 2.45) is 5.14 Å². The number of nitrogens with two attached hydrogens (primary N) is 1. The molecule has 2 aromatic carbocycles. The number of anilines is 1. The van der Waals surface area contributed by atoms with Crippen molar-refractivity contribution in [2.75, 3.05) is 12.1 Å². The SMILES string of the molecule is Cc1nc(NC(=O)C2(c3ccc4c(c3)OCO4)CC2)ccc1-c1ccc(S(N)(=O)=O)cc1.[HH].[HH]. The molecule has 0 atom stereocenters. The number of carbonyl (C=O) groups is 1. The predicted octanol–water partition coefficient (Wildman–Crippen LogP) is 3.60. The van der Waals surface area contributed by atoms with Crippen molar-refractivity contribution in [1.29, 1.82) is 0 Å². The number of sulfonamides is 1. The summed E-state index contributed by atoms with van der Waals surface area (Å²) in [6.07, 6.45) is 1.51. The standard InChI is InChI=1S/C23H21N3O5S.2H2/c1-14-18(15-2-5-17(6-3-15)32(24,28)29)7-9-21(25-14)26-22(27)23(10-11-23)16-4-8-19-20(12-16)31-13-30-19;;/h2-9,12H,10-11,13H2,1H3,(H2,24,28,29)(H,25,26,27);2*1H. The molecular formula is C23H25N3O5S. The Labute approximate surface area is 188 Å². The van der Waals surface area contributed by atoms with Crippen LogP contribution in [0.3, 0.4) is 0 Å². The minimum absolute atomic E-state index is 0. The fraction of sp³-hybridized carbons (Fsp3) is 0.217. The summed E-state index contributed by atoms with van der Waals surface area (Å²) in [7, 11) is -3.74. The number of nitrogens with one attached hydrogen (secondary N) is 1. The van der Waals surface area contributed by atoms with Gasteiger partial charge in [-0.05, 0) is 67.3 Å². The van der Waals surface area contributed by atoms with Gasteiger partial charge in [0.2, 0.25) is 22.7 Å². The molecule has 2 heterocycles. The van der Waals surface area contributed by atoms with Crippen molar-refractivity contribution >= 4 is 21.7 Å². The summed E-state index contributed by atoms with van der Waals surface area (Å²) in [5.41, 5.74) is 2.67. The van der Waals surface area contributed by atoms with E-state index >= 15 is 0 Å². The summed E-state index contributed by atoms with van der Waals surface area (Å²) in [6.45, 7) is 2.03. The quantitative estimate of drug-likeness (QED) is 0.606. The molecule has 1 fully saturated rings. The second-order valence-electron chi connectivity index (χ2n) is 8.00. The molecule has 2 aliphatic rings. The van der Waals surface area contributed by atoms with Crippen LogP contribution in [-0.4, -0.2) is 26.1 Å². The molecule has 1 aliphatic carbocycles. The largest absolute Gasteiger partial charge is 0.454 e. The summed E-state index contributed by atoms with van der Waals surface area (Å²) in [5.74, 6) is 1.71. The number of pyridine rings is 1. The van der Waals surface area contributed by atoms with Gasteiger partial charge in [-0.15, -0.1) is 0 Å². The number of rotatable bonds is 5. The number of benzene rings is 2. The highest BCUT2D eigenvalue weighted by atomic mass is 32.2. The maximum atomic E-state index is 13.1. The third-order valence-corrected chi connectivity index (χ3v) is 6.86. The number of fused-ring (bicyclic) bond motifs is 1. The van der Waals surface area contributed by atoms with Crippen LogP contribution in [0.15, 0.2) is 59.5 Å². The number of aromatic nitrogens is 1. The second-order valence-corrected chi connectivity index (χ2v) is 9.56. The average molecular weight is 456 g/mol. The summed E-state index contributed by atoms with van der Waals surface area (Å²) in [6, 6.07) is 15.5. The van der Waals surface area contributed by atoms with Gasteiger partial charge < -0.3 is 14.8 Å². The van der Waals surface area contributed by atoms with Crippen LogP contribution in [0.4, 0.5) is 5.82 Å². The monoisotopic (exact) mass is 455 g/mol. The third-order valence-electron chi connectivity index (χ3n) is 5.93. The molecule has 8 nitrogen and oxygen atoms in total. The minimum Gasteiger partial charge on any atom is -0.454 e. The van der Waals surface area contributed by atoms with E-state index in [9.17, 15) is 13.2 Å². The first-order valence-electron chi connectivity index (χ1n) is 10.1. The third kappa shape index (κ3) is 3.59. The van der Waals surface area contributed by atoms with E-state index in [1.54, 1.807) is 18.2 Å². The Balaban J connectivity index is 0.00000162. The maximum Gasteiger partial charge on any atom is 0.238 e. The van der Waals surface area contributed by atoms with Gasteiger partial charge in [-0.3, -0.25) is 4.79 Å². The summed E-state index contributed by atoms with van der Waals surface area (Å²) < 4.78 is 33.7. The van der Waals surface area contributed by atoms with E-state index in [0.717, 1.165) is 29.5 Å². The summed E-state index contributed by atoms with van der Waals surface area (Å²) in [4.78, 5) is 17.7. The first-order chi connectivity index (χ1) is 15.3. The van der Waals surface area contributed by atoms with Gasteiger partial charge in [0, 0.05) is 14.1 Å². The predicted molar refractivity (Wildman–Crippen MR) is 122 cm³/mol. The molecule has 0 bridgehead atoms. The molecule has 0 spiro atoms. The van der Waals surface area contributed by atoms with Gasteiger partial charge in [-0.25, -0.2) is 18.5 Å². The van der Waals surface area contributed by atoms with Crippen LogP contribution in [0.1, 0.15) is 27.0 Å². The van der Waals surface area contributed by atoms with Crippen LogP contribution >= 0.6 is 0 Å². The van der Waals surface area contributed by atoms with Crippen LogP contribution in [-0.2, 0) is 20.2 Å². The van der Waals surface area contributed by atoms with Gasteiger partial charge in [0.25, 0.3) is 0 Å². The van der Waals surface area contributed by atoms with E-state index in [1.165, 1.54) is 12.1 Å². The topological polar surface area (TPSA) is 121 Å². The molecule has 0 radical (unpaired) electrons. The molecule has 1 saturated carbocycles. The van der Waals surface area contributed by atoms with Gasteiger partial charge >= 0.3 is 0 Å². The lowest BCUT2D eigenvalue weighted by Gasteiger charge is -2.16. The van der Waals surface area contributed by atoms with Crippen molar-refractivity contribution in [3.63, 3.8) is 0 Å². The number of hydrogen-bond acceptors (Lipinski definition) is 6. The number of amides is 1. The van der Waals surface area contributed by atoms with Gasteiger partial charge in [-0.1, -0.05) is 18.2 Å². The Morgan fingerprint density at radius 3 is 2.44 bits per heavy atom. The maximum absolute atomic E-state index is 13.1. The minimum atomic E-state index is -3.74. The molecule has 5 rings (SSSR count). The van der Waals surface area contributed by atoms with Gasteiger partial charge in [0.05, 0.1) is 10.3 Å². The van der Waals surface area contributed by atoms with E-state index in [0.29, 0.717) is 23.0 Å². The fourth-order valence-electron chi connectivity index (χ4n) is 3.96. The van der Waals surface area contributed by atoms with Crippen molar-refractivity contribution in [3.05, 3.63) is 65.9 Å². The van der Waals surface area contributed by atoms with Crippen molar-refractivity contribution in [3.8, 4) is 22.6 Å². The molecule has 3 N–H and O–H groups in total. The lowest BCUT2D eigenvalue weighted by Crippen LogP contribution is -2.28. The van der Waals surface area contributed by atoms with Crippen LogP contribution in [0.25, 0.3) is 11.1 Å². The highest BCUT2D eigenvalue weighted by molar-refractivity contribution is 7.89. The zero-order valence-corrected chi connectivity index (χ0v) is 18.1. The van der Waals surface area contributed by atoms with Gasteiger partial charge in [0.15, 0.2) is 11.5 Å². The lowest BCUT2D eigenvalue weighted by molar-refractivity contribution is -0.118. The van der Waals surface area contributed by atoms with Crippen molar-refractivity contribution < 1.29 is 25.5 Å². The zero-order valence-electron chi connectivity index (χ0n) is 17.3. The van der Waals surface area contributed by atoms with Crippen molar-refractivity contribution in [2.45, 2.75) is 30.1 Å². The highest BCUT2D eigenvalue weighted by Gasteiger charge is 2.51. The molecule has 32 heavy (non-hydrogen) atoms. The summed E-state index contributed by atoms with van der Waals surface area (Å²) in [5, 5.41) is 8.10. The average Bonchev–Trinajstić information content (AvgIpc) is 3.44. The van der Waals surface area contributed by atoms with Crippen LogP contribution in [0.5, 0.6) is 11.5 Å². The first kappa shape index (κ1) is 20.5. The lowest BCUT2D eigenvalue weighted by atomic mass is 9.94. The molecule has 0 unspecified atom stereocenters. The first-order valence-corrected chi connectivity index (χ1v) is 11.6. The second kappa shape index (κ2) is 7.32. The van der Waals surface area contributed by atoms with E-state index in [2.05, 4.69) is 10.3 Å². The fourth-order valence-corrected chi connectivity index (χ4v) is 4.48. The van der Waals surface area contributed by atoms with Gasteiger partial charge in [-0.2, -0.15) is 0 Å². The summed E-state index contributed by atoms with van der Waals surface area (Å²) >= 11 is 0. The zero-order chi connectivity index (χ0) is 22.5. The molecule has 1 aliphatic heterocycles. The Hall–Kier alpha value is -3.43. The van der Waals surface area contributed by atoms with E-state index < -0.39 is 15.4 Å². The van der Waals surface area contributed by atoms with Crippen LogP contribution in [0, 0.1) is 6.92 Å². The number of ether oxygens (including phenoxy) is 2. The molecule has 3 aromatic rings. The van der Waals surface area contributed by atoms with E-state index in [4.69, 9.17) is 14.6 Å². The Morgan fingerprint density at radius 1 is 1.06 bits per heavy atom. The molecule has 1 aromatic heterocycles. The van der Waals surface area contributed by atoms with Crippen LogP contribution < -0.4 is 19.9 Å². The molecule has 0 saturated heterocycles. The highest BCUT2D eigenvalue weighted by Crippen LogP contribution is 2.51. The molecule has 168 valence electrons. The Bertz CT molecular complexity index is 1340. The smallest absolute Gasteiger partial charge is 0.238 e. The number of primary sulfonamides is 1. The Kier molecular flexibility index (Phi) is 4.68. The number of hydrogen-bond donors (Lipinski definition) is 2.